The van der Waals surface area contributed by atoms with Crippen molar-refractivity contribution in [3.05, 3.63) is 40.2 Å². The Balaban J connectivity index is 1.59. The molecular weight excluding hydrogens is 383 g/mol. The van der Waals surface area contributed by atoms with E-state index in [-0.39, 0.29) is 11.6 Å². The third-order valence-corrected chi connectivity index (χ3v) is 5.08. The molecule has 1 saturated heterocycles. The van der Waals surface area contributed by atoms with Gasteiger partial charge in [0.05, 0.1) is 0 Å². The van der Waals surface area contributed by atoms with Gasteiger partial charge in [-0.3, -0.25) is 9.48 Å². The van der Waals surface area contributed by atoms with E-state index >= 15 is 0 Å². The zero-order chi connectivity index (χ0) is 19.2. The predicted molar refractivity (Wildman–Crippen MR) is 88.8 cm³/mol. The Bertz CT molecular complexity index is 963. The maximum Gasteiger partial charge on any atom is 0.433 e. The van der Waals surface area contributed by atoms with Gasteiger partial charge in [0.25, 0.3) is 5.91 Å². The second kappa shape index (κ2) is 6.48. The van der Waals surface area contributed by atoms with Crippen LogP contribution >= 0.6 is 11.3 Å². The van der Waals surface area contributed by atoms with Gasteiger partial charge < -0.3 is 9.32 Å². The lowest BCUT2D eigenvalue weighted by Gasteiger charge is -2.20. The highest BCUT2D eigenvalue weighted by Crippen LogP contribution is 2.35. The lowest BCUT2D eigenvalue weighted by atomic mass is 10.2. The lowest BCUT2D eigenvalue weighted by Crippen LogP contribution is -2.31. The SMILES string of the molecule is Cn1nc(C(=O)N2CCC[C@@H]2c2nnc(-c3ccsc3)o2)cc1C(F)(F)F. The second-order valence-corrected chi connectivity index (χ2v) is 6.93. The van der Waals surface area contributed by atoms with E-state index in [1.165, 1.54) is 16.2 Å². The van der Waals surface area contributed by atoms with Crippen LogP contribution in [0.15, 0.2) is 27.3 Å². The van der Waals surface area contributed by atoms with Gasteiger partial charge in [0.1, 0.15) is 11.7 Å². The Morgan fingerprint density at radius 3 is 2.85 bits per heavy atom. The Morgan fingerprint density at radius 1 is 1.37 bits per heavy atom. The van der Waals surface area contributed by atoms with Gasteiger partial charge in [-0.05, 0) is 24.3 Å². The van der Waals surface area contributed by atoms with Crippen molar-refractivity contribution >= 4 is 17.2 Å². The number of rotatable bonds is 3. The molecule has 0 radical (unpaired) electrons. The number of amides is 1. The molecule has 0 bridgehead atoms. The molecule has 3 aromatic rings. The molecule has 0 unspecified atom stereocenters. The number of alkyl halides is 3. The second-order valence-electron chi connectivity index (χ2n) is 6.15. The summed E-state index contributed by atoms with van der Waals surface area (Å²) in [4.78, 5) is 14.2. The van der Waals surface area contributed by atoms with Crippen molar-refractivity contribution < 1.29 is 22.4 Å². The highest BCUT2D eigenvalue weighted by molar-refractivity contribution is 7.08. The van der Waals surface area contributed by atoms with Gasteiger partial charge in [-0.2, -0.15) is 29.6 Å². The van der Waals surface area contributed by atoms with Crippen LogP contribution in [0, 0.1) is 0 Å². The summed E-state index contributed by atoms with van der Waals surface area (Å²) in [6.45, 7) is 0.386. The molecule has 4 rings (SSSR count). The molecule has 0 N–H and O–H groups in total. The summed E-state index contributed by atoms with van der Waals surface area (Å²) in [6.07, 6.45) is -3.30. The maximum absolute atomic E-state index is 13.0. The number of carbonyl (C=O) groups excluding carboxylic acids is 1. The molecule has 3 aromatic heterocycles. The zero-order valence-electron chi connectivity index (χ0n) is 14.1. The summed E-state index contributed by atoms with van der Waals surface area (Å²) in [6, 6.07) is 2.13. The van der Waals surface area contributed by atoms with E-state index in [1.807, 2.05) is 16.8 Å². The van der Waals surface area contributed by atoms with Crippen molar-refractivity contribution in [2.45, 2.75) is 25.1 Å². The molecule has 4 heterocycles. The molecule has 1 fully saturated rings. The first kappa shape index (κ1) is 17.7. The fraction of sp³-hybridized carbons (Fsp3) is 0.375. The fourth-order valence-corrected chi connectivity index (χ4v) is 3.75. The summed E-state index contributed by atoms with van der Waals surface area (Å²) in [5.41, 5.74) is -0.442. The molecule has 27 heavy (non-hydrogen) atoms. The summed E-state index contributed by atoms with van der Waals surface area (Å²) < 4.78 is 45.3. The smallest absolute Gasteiger partial charge is 0.418 e. The minimum Gasteiger partial charge on any atom is -0.418 e. The summed E-state index contributed by atoms with van der Waals surface area (Å²) >= 11 is 1.49. The quantitative estimate of drug-likeness (QED) is 0.676. The van der Waals surface area contributed by atoms with Crippen molar-refractivity contribution in [1.29, 1.82) is 0 Å². The van der Waals surface area contributed by atoms with Crippen molar-refractivity contribution in [3.8, 4) is 11.5 Å². The summed E-state index contributed by atoms with van der Waals surface area (Å²) in [5.74, 6) is 0.0376. The topological polar surface area (TPSA) is 77.1 Å². The first-order valence-corrected chi connectivity index (χ1v) is 9.07. The van der Waals surface area contributed by atoms with E-state index in [9.17, 15) is 18.0 Å². The van der Waals surface area contributed by atoms with Gasteiger partial charge in [0.15, 0.2) is 5.69 Å². The van der Waals surface area contributed by atoms with Gasteiger partial charge in [0, 0.05) is 30.6 Å². The molecule has 7 nitrogen and oxygen atoms in total. The predicted octanol–water partition coefficient (Wildman–Crippen LogP) is 3.53. The number of hydrogen-bond donors (Lipinski definition) is 0. The Kier molecular flexibility index (Phi) is 4.25. The van der Waals surface area contributed by atoms with E-state index in [4.69, 9.17) is 4.42 Å². The summed E-state index contributed by atoms with van der Waals surface area (Å²) in [7, 11) is 1.16. The van der Waals surface area contributed by atoms with Crippen LogP contribution in [-0.2, 0) is 13.2 Å². The number of carbonyl (C=O) groups is 1. The molecule has 0 spiro atoms. The first-order valence-electron chi connectivity index (χ1n) is 8.13. The number of likely N-dealkylation sites (tertiary alicyclic amines) is 1. The largest absolute Gasteiger partial charge is 0.433 e. The summed E-state index contributed by atoms with van der Waals surface area (Å²) in [5, 5.41) is 15.5. The number of hydrogen-bond acceptors (Lipinski definition) is 6. The van der Waals surface area contributed by atoms with Crippen LogP contribution in [0.2, 0.25) is 0 Å². The molecule has 11 heteroatoms. The molecular formula is C16H14F3N5O2S. The number of halogens is 3. The van der Waals surface area contributed by atoms with Gasteiger partial charge in [-0.1, -0.05) is 0 Å². The Hall–Kier alpha value is -2.69. The molecule has 1 amide bonds. The lowest BCUT2D eigenvalue weighted by molar-refractivity contribution is -0.143. The monoisotopic (exact) mass is 397 g/mol. The average Bonchev–Trinajstić information content (AvgIpc) is 3.36. The molecule has 0 aromatic carbocycles. The molecule has 0 saturated carbocycles. The van der Waals surface area contributed by atoms with Crippen molar-refractivity contribution in [2.24, 2.45) is 7.05 Å². The van der Waals surface area contributed by atoms with Crippen LogP contribution in [0.25, 0.3) is 11.5 Å². The molecule has 0 aliphatic carbocycles. The highest BCUT2D eigenvalue weighted by Gasteiger charge is 2.39. The van der Waals surface area contributed by atoms with E-state index in [0.717, 1.165) is 18.7 Å². The molecule has 1 aliphatic rings. The van der Waals surface area contributed by atoms with Crippen molar-refractivity contribution in [1.82, 2.24) is 24.9 Å². The Morgan fingerprint density at radius 2 is 2.19 bits per heavy atom. The fourth-order valence-electron chi connectivity index (χ4n) is 3.12. The normalized spacial score (nSPS) is 17.6. The van der Waals surface area contributed by atoms with Crippen LogP contribution in [0.1, 0.15) is 41.0 Å². The van der Waals surface area contributed by atoms with Crippen LogP contribution in [0.5, 0.6) is 0 Å². The van der Waals surface area contributed by atoms with Gasteiger partial charge >= 0.3 is 6.18 Å². The van der Waals surface area contributed by atoms with Crippen LogP contribution in [-0.4, -0.2) is 37.3 Å². The number of thiophene rings is 1. The van der Waals surface area contributed by atoms with Gasteiger partial charge in [-0.25, -0.2) is 0 Å². The minimum absolute atomic E-state index is 0.255. The van der Waals surface area contributed by atoms with E-state index < -0.39 is 23.8 Å². The van der Waals surface area contributed by atoms with E-state index in [2.05, 4.69) is 15.3 Å². The number of aromatic nitrogens is 4. The maximum atomic E-state index is 13.0. The van der Waals surface area contributed by atoms with Crippen LogP contribution in [0.3, 0.4) is 0 Å². The molecule has 142 valence electrons. The third kappa shape index (κ3) is 3.22. The van der Waals surface area contributed by atoms with Gasteiger partial charge in [-0.15, -0.1) is 10.2 Å². The number of aryl methyl sites for hydroxylation is 1. The molecule has 1 atom stereocenters. The zero-order valence-corrected chi connectivity index (χ0v) is 14.9. The minimum atomic E-state index is -4.58. The van der Waals surface area contributed by atoms with E-state index in [1.54, 1.807) is 0 Å². The Labute approximate surface area is 155 Å². The average molecular weight is 397 g/mol. The van der Waals surface area contributed by atoms with Crippen LogP contribution in [0.4, 0.5) is 13.2 Å². The molecule has 1 aliphatic heterocycles. The van der Waals surface area contributed by atoms with Gasteiger partial charge in [0.2, 0.25) is 11.8 Å². The number of nitrogens with zero attached hydrogens (tertiary/aromatic N) is 5. The van der Waals surface area contributed by atoms with Crippen LogP contribution < -0.4 is 0 Å². The first-order chi connectivity index (χ1) is 12.8. The van der Waals surface area contributed by atoms with Crippen molar-refractivity contribution in [2.75, 3.05) is 6.54 Å². The standard InChI is InChI=1S/C16H14F3N5O2S/c1-23-12(16(17,18)19)7-10(22-23)15(25)24-5-2-3-11(24)14-21-20-13(26-14)9-4-6-27-8-9/h4,6-8,11H,2-3,5H2,1H3/t11-/m1/s1. The van der Waals surface area contributed by atoms with E-state index in [0.29, 0.717) is 30.0 Å². The van der Waals surface area contributed by atoms with Crippen molar-refractivity contribution in [3.63, 3.8) is 0 Å². The third-order valence-electron chi connectivity index (χ3n) is 4.40. The highest BCUT2D eigenvalue weighted by atomic mass is 32.1.